The molecule has 0 spiro atoms. The molecule has 1 unspecified atom stereocenters. The Bertz CT molecular complexity index is 268. The van der Waals surface area contributed by atoms with Crippen LogP contribution in [-0.4, -0.2) is 29.5 Å². The van der Waals surface area contributed by atoms with Gasteiger partial charge in [-0.3, -0.25) is 0 Å². The van der Waals surface area contributed by atoms with Gasteiger partial charge in [-0.2, -0.15) is 0 Å². The van der Waals surface area contributed by atoms with Crippen molar-refractivity contribution in [3.63, 3.8) is 0 Å². The van der Waals surface area contributed by atoms with Gasteiger partial charge in [-0.05, 0) is 32.4 Å². The van der Waals surface area contributed by atoms with Crippen molar-refractivity contribution in [3.8, 4) is 0 Å². The summed E-state index contributed by atoms with van der Waals surface area (Å²) in [4.78, 5) is 3.29. The first-order valence-corrected chi connectivity index (χ1v) is 9.66. The van der Waals surface area contributed by atoms with Crippen LogP contribution in [0.3, 0.4) is 0 Å². The number of nitrogens with two attached hydrogens (primary N) is 1. The molecule has 0 aromatic rings. The molecule has 0 bridgehead atoms. The fraction of sp³-hybridized carbons (Fsp3) is 0.944. The molecule has 0 aromatic heterocycles. The molecule has 1 rings (SSSR count). The van der Waals surface area contributed by atoms with Crippen molar-refractivity contribution in [2.45, 2.75) is 84.0 Å². The highest BCUT2D eigenvalue weighted by Crippen LogP contribution is 2.17. The highest BCUT2D eigenvalue weighted by Gasteiger charge is 2.20. The van der Waals surface area contributed by atoms with Crippen LogP contribution < -0.4 is 5.73 Å². The van der Waals surface area contributed by atoms with E-state index in [9.17, 15) is 0 Å². The van der Waals surface area contributed by atoms with Gasteiger partial charge in [-0.15, -0.1) is 0 Å². The summed E-state index contributed by atoms with van der Waals surface area (Å²) in [6, 6.07) is 0. The predicted octanol–water partition coefficient (Wildman–Crippen LogP) is 4.91. The van der Waals surface area contributed by atoms with E-state index >= 15 is 0 Å². The average molecular weight is 313 g/mol. The third-order valence-electron chi connectivity index (χ3n) is 4.74. The van der Waals surface area contributed by atoms with Crippen LogP contribution in [0.1, 0.15) is 84.0 Å². The normalized spacial score (nSPS) is 19.8. The lowest BCUT2D eigenvalue weighted by Crippen LogP contribution is -2.40. The molecule has 0 amide bonds. The number of nitrogens with zero attached hydrogens (tertiary/aromatic N) is 1. The number of unbranched alkanes of at least 4 members (excludes halogenated alkanes) is 9. The van der Waals surface area contributed by atoms with Crippen LogP contribution in [-0.2, 0) is 0 Å². The van der Waals surface area contributed by atoms with Gasteiger partial charge < -0.3 is 10.6 Å². The fourth-order valence-corrected chi connectivity index (χ4v) is 3.51. The lowest BCUT2D eigenvalue weighted by Gasteiger charge is -2.32. The quantitative estimate of drug-likeness (QED) is 0.410. The number of likely N-dealkylation sites (tertiary alicyclic amines) is 1. The van der Waals surface area contributed by atoms with Crippen molar-refractivity contribution in [1.82, 2.24) is 4.90 Å². The standard InChI is InChI=1S/C18H36N2S/c1-2-3-4-5-6-7-8-9-10-11-14-20-15-12-13-17(16-20)18(19)21/h17H,2-16H2,1H3,(H2,19,21). The highest BCUT2D eigenvalue weighted by atomic mass is 32.1. The van der Waals surface area contributed by atoms with Crippen molar-refractivity contribution < 1.29 is 0 Å². The molecule has 2 nitrogen and oxygen atoms in total. The summed E-state index contributed by atoms with van der Waals surface area (Å²) < 4.78 is 0. The lowest BCUT2D eigenvalue weighted by molar-refractivity contribution is 0.201. The molecule has 0 aliphatic carbocycles. The van der Waals surface area contributed by atoms with Gasteiger partial charge in [0.1, 0.15) is 0 Å². The second-order valence-electron chi connectivity index (χ2n) is 6.72. The van der Waals surface area contributed by atoms with Crippen molar-refractivity contribution in [2.24, 2.45) is 11.7 Å². The summed E-state index contributed by atoms with van der Waals surface area (Å²) in [5.41, 5.74) is 5.79. The second kappa shape index (κ2) is 12.4. The monoisotopic (exact) mass is 312 g/mol. The minimum atomic E-state index is 0.469. The molecule has 124 valence electrons. The number of thiocarbonyl (C=S) groups is 1. The zero-order valence-electron chi connectivity index (χ0n) is 14.1. The van der Waals surface area contributed by atoms with Crippen LogP contribution in [0.2, 0.25) is 0 Å². The molecule has 0 aromatic carbocycles. The molecule has 0 radical (unpaired) electrons. The SMILES string of the molecule is CCCCCCCCCCCCN1CCCC(C(N)=S)C1. The number of piperidine rings is 1. The van der Waals surface area contributed by atoms with Crippen LogP contribution in [0.25, 0.3) is 0 Å². The first-order valence-electron chi connectivity index (χ1n) is 9.25. The first-order chi connectivity index (χ1) is 10.2. The molecular weight excluding hydrogens is 276 g/mol. The maximum atomic E-state index is 5.79. The molecule has 2 N–H and O–H groups in total. The maximum absolute atomic E-state index is 5.79. The van der Waals surface area contributed by atoms with Crippen molar-refractivity contribution in [3.05, 3.63) is 0 Å². The molecule has 1 aliphatic heterocycles. The Morgan fingerprint density at radius 2 is 1.57 bits per heavy atom. The van der Waals surface area contributed by atoms with E-state index in [2.05, 4.69) is 11.8 Å². The second-order valence-corrected chi connectivity index (χ2v) is 7.20. The van der Waals surface area contributed by atoms with Gasteiger partial charge in [-0.1, -0.05) is 76.9 Å². The Kier molecular flexibility index (Phi) is 11.2. The van der Waals surface area contributed by atoms with Gasteiger partial charge in [0.05, 0.1) is 4.99 Å². The van der Waals surface area contributed by atoms with E-state index < -0.39 is 0 Å². The number of hydrogen-bond acceptors (Lipinski definition) is 2. The van der Waals surface area contributed by atoms with Gasteiger partial charge >= 0.3 is 0 Å². The maximum Gasteiger partial charge on any atom is 0.0771 e. The summed E-state index contributed by atoms with van der Waals surface area (Å²) in [5, 5.41) is 0. The van der Waals surface area contributed by atoms with Gasteiger partial charge in [0.15, 0.2) is 0 Å². The third-order valence-corrected chi connectivity index (χ3v) is 5.07. The summed E-state index contributed by atoms with van der Waals surface area (Å²) in [6.07, 6.45) is 16.6. The third kappa shape index (κ3) is 9.46. The van der Waals surface area contributed by atoms with Crippen LogP contribution in [0, 0.1) is 5.92 Å². The van der Waals surface area contributed by atoms with E-state index in [1.807, 2.05) is 0 Å². The molecule has 1 fully saturated rings. The zero-order valence-corrected chi connectivity index (χ0v) is 14.9. The number of rotatable bonds is 12. The van der Waals surface area contributed by atoms with E-state index in [0.29, 0.717) is 5.92 Å². The van der Waals surface area contributed by atoms with E-state index in [0.717, 1.165) is 11.5 Å². The molecule has 1 saturated heterocycles. The summed E-state index contributed by atoms with van der Waals surface area (Å²) >= 11 is 5.14. The summed E-state index contributed by atoms with van der Waals surface area (Å²) in [5.74, 6) is 0.469. The fourth-order valence-electron chi connectivity index (χ4n) is 3.31. The average Bonchev–Trinajstić information content (AvgIpc) is 2.49. The van der Waals surface area contributed by atoms with Gasteiger partial charge in [0.25, 0.3) is 0 Å². The smallest absolute Gasteiger partial charge is 0.0771 e. The van der Waals surface area contributed by atoms with E-state index in [1.165, 1.54) is 90.1 Å². The van der Waals surface area contributed by atoms with Gasteiger partial charge in [0, 0.05) is 12.5 Å². The minimum Gasteiger partial charge on any atom is -0.393 e. The Morgan fingerprint density at radius 1 is 1.00 bits per heavy atom. The predicted molar refractivity (Wildman–Crippen MR) is 97.8 cm³/mol. The van der Waals surface area contributed by atoms with Crippen LogP contribution in [0.15, 0.2) is 0 Å². The largest absolute Gasteiger partial charge is 0.393 e. The van der Waals surface area contributed by atoms with Crippen molar-refractivity contribution in [2.75, 3.05) is 19.6 Å². The summed E-state index contributed by atoms with van der Waals surface area (Å²) in [7, 11) is 0. The van der Waals surface area contributed by atoms with E-state index in [1.54, 1.807) is 0 Å². The minimum absolute atomic E-state index is 0.469. The van der Waals surface area contributed by atoms with Crippen molar-refractivity contribution in [1.29, 1.82) is 0 Å². The first kappa shape index (κ1) is 18.9. The van der Waals surface area contributed by atoms with E-state index in [-0.39, 0.29) is 0 Å². The molecular formula is C18H36N2S. The van der Waals surface area contributed by atoms with Crippen LogP contribution in [0.5, 0.6) is 0 Å². The van der Waals surface area contributed by atoms with Gasteiger partial charge in [-0.25, -0.2) is 0 Å². The summed E-state index contributed by atoms with van der Waals surface area (Å²) in [6.45, 7) is 5.88. The Balaban J connectivity index is 1.89. The topological polar surface area (TPSA) is 29.3 Å². The molecule has 0 saturated carbocycles. The van der Waals surface area contributed by atoms with Crippen molar-refractivity contribution >= 4 is 17.2 Å². The number of hydrogen-bond donors (Lipinski definition) is 1. The Hall–Kier alpha value is -0.150. The highest BCUT2D eigenvalue weighted by molar-refractivity contribution is 7.80. The molecule has 3 heteroatoms. The zero-order chi connectivity index (χ0) is 15.3. The Morgan fingerprint density at radius 3 is 2.14 bits per heavy atom. The van der Waals surface area contributed by atoms with Crippen LogP contribution in [0.4, 0.5) is 0 Å². The molecule has 21 heavy (non-hydrogen) atoms. The molecule has 1 atom stereocenters. The molecule has 1 aliphatic rings. The Labute approximate surface area is 137 Å². The van der Waals surface area contributed by atoms with Gasteiger partial charge in [0.2, 0.25) is 0 Å². The lowest BCUT2D eigenvalue weighted by atomic mass is 9.98. The van der Waals surface area contributed by atoms with Crippen LogP contribution >= 0.6 is 12.2 Å². The van der Waals surface area contributed by atoms with E-state index in [4.69, 9.17) is 18.0 Å². The molecule has 1 heterocycles.